The average Bonchev–Trinajstić information content (AvgIpc) is 2.17. The van der Waals surface area contributed by atoms with E-state index < -0.39 is 10.0 Å². The Labute approximate surface area is 89.8 Å². The standard InChI is InChI=1S/C9H15N3O2S/c1-8(9-4-2-3-5-12-9)11-6-7-15(10,13)14/h2-5,8,11H,6-7H2,1H3,(H2,10,13,14)/t8-/m0/s1. The van der Waals surface area contributed by atoms with Gasteiger partial charge in [0, 0.05) is 18.8 Å². The van der Waals surface area contributed by atoms with Crippen LogP contribution >= 0.6 is 0 Å². The van der Waals surface area contributed by atoms with Crippen LogP contribution in [-0.2, 0) is 10.0 Å². The van der Waals surface area contributed by atoms with Gasteiger partial charge in [-0.15, -0.1) is 0 Å². The SMILES string of the molecule is C[C@H](NCCS(N)(=O)=O)c1ccccn1. The van der Waals surface area contributed by atoms with Crippen LogP contribution in [-0.4, -0.2) is 25.7 Å². The zero-order valence-electron chi connectivity index (χ0n) is 8.55. The Bertz CT molecular complexity index is 391. The van der Waals surface area contributed by atoms with E-state index in [1.807, 2.05) is 25.1 Å². The van der Waals surface area contributed by atoms with E-state index in [4.69, 9.17) is 5.14 Å². The lowest BCUT2D eigenvalue weighted by Crippen LogP contribution is -2.29. The largest absolute Gasteiger partial charge is 0.308 e. The van der Waals surface area contributed by atoms with E-state index in [-0.39, 0.29) is 11.8 Å². The summed E-state index contributed by atoms with van der Waals surface area (Å²) in [7, 11) is -3.38. The molecule has 1 aromatic rings. The van der Waals surface area contributed by atoms with Crippen LogP contribution in [0.1, 0.15) is 18.7 Å². The maximum absolute atomic E-state index is 10.7. The van der Waals surface area contributed by atoms with E-state index >= 15 is 0 Å². The molecule has 1 rings (SSSR count). The molecule has 1 atom stereocenters. The smallest absolute Gasteiger partial charge is 0.210 e. The number of sulfonamides is 1. The molecule has 0 aromatic carbocycles. The van der Waals surface area contributed by atoms with E-state index in [1.54, 1.807) is 6.20 Å². The third-order valence-corrected chi connectivity index (χ3v) is 2.74. The minimum absolute atomic E-state index is 0.0212. The summed E-state index contributed by atoms with van der Waals surface area (Å²) < 4.78 is 21.3. The summed E-state index contributed by atoms with van der Waals surface area (Å²) in [6.07, 6.45) is 1.70. The highest BCUT2D eigenvalue weighted by Gasteiger charge is 2.07. The fourth-order valence-corrected chi connectivity index (χ4v) is 1.56. The topological polar surface area (TPSA) is 85.1 Å². The van der Waals surface area contributed by atoms with Gasteiger partial charge < -0.3 is 5.32 Å². The predicted molar refractivity (Wildman–Crippen MR) is 58.6 cm³/mol. The van der Waals surface area contributed by atoms with Crippen molar-refractivity contribution >= 4 is 10.0 Å². The molecule has 0 saturated heterocycles. The average molecular weight is 229 g/mol. The quantitative estimate of drug-likeness (QED) is 0.745. The monoisotopic (exact) mass is 229 g/mol. The summed E-state index contributed by atoms with van der Waals surface area (Å²) in [4.78, 5) is 4.15. The van der Waals surface area contributed by atoms with Gasteiger partial charge in [0.25, 0.3) is 0 Å². The molecule has 1 heterocycles. The van der Waals surface area contributed by atoms with Crippen LogP contribution in [0.15, 0.2) is 24.4 Å². The van der Waals surface area contributed by atoms with Crippen molar-refractivity contribution < 1.29 is 8.42 Å². The van der Waals surface area contributed by atoms with Crippen LogP contribution in [0.2, 0.25) is 0 Å². The van der Waals surface area contributed by atoms with Crippen molar-refractivity contribution in [3.63, 3.8) is 0 Å². The van der Waals surface area contributed by atoms with Crippen molar-refractivity contribution in [2.75, 3.05) is 12.3 Å². The molecule has 6 heteroatoms. The van der Waals surface area contributed by atoms with E-state index in [0.717, 1.165) is 5.69 Å². The number of nitrogens with two attached hydrogens (primary N) is 1. The molecule has 0 amide bonds. The number of rotatable bonds is 5. The molecule has 0 spiro atoms. The molecule has 0 fully saturated rings. The first-order valence-electron chi connectivity index (χ1n) is 4.64. The van der Waals surface area contributed by atoms with Gasteiger partial charge in [-0.1, -0.05) is 6.07 Å². The summed E-state index contributed by atoms with van der Waals surface area (Å²) in [5, 5.41) is 7.91. The first-order valence-corrected chi connectivity index (χ1v) is 6.35. The second-order valence-corrected chi connectivity index (χ2v) is 5.03. The summed E-state index contributed by atoms with van der Waals surface area (Å²) in [5.41, 5.74) is 0.881. The highest BCUT2D eigenvalue weighted by atomic mass is 32.2. The van der Waals surface area contributed by atoms with Gasteiger partial charge in [0.1, 0.15) is 0 Å². The van der Waals surface area contributed by atoms with Crippen molar-refractivity contribution in [3.8, 4) is 0 Å². The van der Waals surface area contributed by atoms with E-state index in [9.17, 15) is 8.42 Å². The Kier molecular flexibility index (Phi) is 4.19. The first kappa shape index (κ1) is 12.1. The van der Waals surface area contributed by atoms with Crippen LogP contribution in [0.3, 0.4) is 0 Å². The van der Waals surface area contributed by atoms with E-state index in [2.05, 4.69) is 10.3 Å². The van der Waals surface area contributed by atoms with Crippen molar-refractivity contribution in [2.45, 2.75) is 13.0 Å². The molecule has 0 unspecified atom stereocenters. The van der Waals surface area contributed by atoms with Crippen molar-refractivity contribution in [1.29, 1.82) is 0 Å². The number of primary sulfonamides is 1. The van der Waals surface area contributed by atoms with Crippen LogP contribution in [0.5, 0.6) is 0 Å². The lowest BCUT2D eigenvalue weighted by molar-refractivity contribution is 0.566. The van der Waals surface area contributed by atoms with Crippen LogP contribution in [0, 0.1) is 0 Å². The Morgan fingerprint density at radius 1 is 1.53 bits per heavy atom. The molecule has 0 bridgehead atoms. The first-order chi connectivity index (χ1) is 6.99. The fourth-order valence-electron chi connectivity index (χ4n) is 1.15. The number of nitrogens with zero attached hydrogens (tertiary/aromatic N) is 1. The lowest BCUT2D eigenvalue weighted by Gasteiger charge is -2.12. The van der Waals surface area contributed by atoms with Gasteiger partial charge >= 0.3 is 0 Å². The summed E-state index contributed by atoms with van der Waals surface area (Å²) in [6, 6.07) is 5.63. The summed E-state index contributed by atoms with van der Waals surface area (Å²) in [5.74, 6) is -0.0653. The van der Waals surface area contributed by atoms with E-state index in [0.29, 0.717) is 6.54 Å². The Morgan fingerprint density at radius 2 is 2.27 bits per heavy atom. The van der Waals surface area contributed by atoms with Gasteiger partial charge in [-0.05, 0) is 19.1 Å². The Balaban J connectivity index is 2.41. The minimum atomic E-state index is -3.38. The number of hydrogen-bond acceptors (Lipinski definition) is 4. The van der Waals surface area contributed by atoms with Crippen molar-refractivity contribution in [3.05, 3.63) is 30.1 Å². The van der Waals surface area contributed by atoms with Gasteiger partial charge in [-0.25, -0.2) is 13.6 Å². The third-order valence-electron chi connectivity index (χ3n) is 1.97. The van der Waals surface area contributed by atoms with Crippen LogP contribution < -0.4 is 10.5 Å². The summed E-state index contributed by atoms with van der Waals surface area (Å²) in [6.45, 7) is 2.25. The number of aromatic nitrogens is 1. The molecule has 0 radical (unpaired) electrons. The Morgan fingerprint density at radius 3 is 2.80 bits per heavy atom. The molecule has 15 heavy (non-hydrogen) atoms. The maximum Gasteiger partial charge on any atom is 0.210 e. The number of hydrogen-bond donors (Lipinski definition) is 2. The van der Waals surface area contributed by atoms with Crippen molar-refractivity contribution in [2.24, 2.45) is 5.14 Å². The second-order valence-electron chi connectivity index (χ2n) is 3.30. The third kappa shape index (κ3) is 4.87. The van der Waals surface area contributed by atoms with Gasteiger partial charge in [0.15, 0.2) is 0 Å². The number of nitrogens with one attached hydrogen (secondary N) is 1. The van der Waals surface area contributed by atoms with Gasteiger partial charge in [-0.2, -0.15) is 0 Å². The highest BCUT2D eigenvalue weighted by Crippen LogP contribution is 2.06. The molecule has 1 aromatic heterocycles. The predicted octanol–water partition coefficient (Wildman–Crippen LogP) is 0.0207. The van der Waals surface area contributed by atoms with E-state index in [1.165, 1.54) is 0 Å². The molecule has 0 saturated carbocycles. The van der Waals surface area contributed by atoms with Gasteiger partial charge in [-0.3, -0.25) is 4.98 Å². The lowest BCUT2D eigenvalue weighted by atomic mass is 10.2. The molecular weight excluding hydrogens is 214 g/mol. The Hall–Kier alpha value is -0.980. The second kappa shape index (κ2) is 5.20. The van der Waals surface area contributed by atoms with Crippen LogP contribution in [0.4, 0.5) is 0 Å². The van der Waals surface area contributed by atoms with Crippen molar-refractivity contribution in [1.82, 2.24) is 10.3 Å². The van der Waals surface area contributed by atoms with Crippen LogP contribution in [0.25, 0.3) is 0 Å². The zero-order chi connectivity index (χ0) is 11.3. The highest BCUT2D eigenvalue weighted by molar-refractivity contribution is 7.89. The molecule has 0 aliphatic carbocycles. The molecule has 3 N–H and O–H groups in total. The molecule has 0 aliphatic heterocycles. The normalized spacial score (nSPS) is 13.7. The molecule has 5 nitrogen and oxygen atoms in total. The summed E-state index contributed by atoms with van der Waals surface area (Å²) >= 11 is 0. The molecule has 0 aliphatic rings. The fraction of sp³-hybridized carbons (Fsp3) is 0.444. The number of pyridine rings is 1. The van der Waals surface area contributed by atoms with Gasteiger partial charge in [0.05, 0.1) is 11.4 Å². The molecule has 84 valence electrons. The maximum atomic E-state index is 10.7. The minimum Gasteiger partial charge on any atom is -0.308 e. The van der Waals surface area contributed by atoms with Gasteiger partial charge in [0.2, 0.25) is 10.0 Å². The zero-order valence-corrected chi connectivity index (χ0v) is 9.37. The molecular formula is C9H15N3O2S.